The van der Waals surface area contributed by atoms with E-state index in [9.17, 15) is 5.11 Å². The topological polar surface area (TPSA) is 114 Å². The summed E-state index contributed by atoms with van der Waals surface area (Å²) in [6, 6.07) is 5.56. The predicted octanol–water partition coefficient (Wildman–Crippen LogP) is 4.75. The fourth-order valence-electron chi connectivity index (χ4n) is 4.01. The summed E-state index contributed by atoms with van der Waals surface area (Å²) in [5.74, 6) is 1.07. The first-order valence-electron chi connectivity index (χ1n) is 11.2. The van der Waals surface area contributed by atoms with Crippen molar-refractivity contribution >= 4 is 40.2 Å². The number of fused-ring (bicyclic) bond motifs is 1. The minimum Gasteiger partial charge on any atom is -0.398 e. The number of anilines is 3. The summed E-state index contributed by atoms with van der Waals surface area (Å²) in [7, 11) is 0. The van der Waals surface area contributed by atoms with Crippen molar-refractivity contribution in [3.8, 4) is 0 Å². The van der Waals surface area contributed by atoms with Gasteiger partial charge >= 0.3 is 0 Å². The SMILES string of the molecule is CC(Nc1nc(NCc2cc(Cl)ccc2N)c2ncn(C3CCCCC3)c2n1)C(C)(C)O. The first-order valence-corrected chi connectivity index (χ1v) is 11.6. The largest absolute Gasteiger partial charge is 0.398 e. The van der Waals surface area contributed by atoms with E-state index in [2.05, 4.69) is 25.2 Å². The predicted molar refractivity (Wildman–Crippen MR) is 130 cm³/mol. The number of benzene rings is 1. The molecule has 1 atom stereocenters. The Balaban J connectivity index is 1.70. The quantitative estimate of drug-likeness (QED) is 0.378. The van der Waals surface area contributed by atoms with Gasteiger partial charge in [0.05, 0.1) is 18.0 Å². The molecule has 9 heteroatoms. The highest BCUT2D eigenvalue weighted by atomic mass is 35.5. The Bertz CT molecular complexity index is 1090. The lowest BCUT2D eigenvalue weighted by atomic mass is 9.95. The van der Waals surface area contributed by atoms with Gasteiger partial charge < -0.3 is 26.0 Å². The Morgan fingerprint density at radius 2 is 2.00 bits per heavy atom. The van der Waals surface area contributed by atoms with Gasteiger partial charge in [0.25, 0.3) is 0 Å². The third-order valence-electron chi connectivity index (χ3n) is 6.35. The average Bonchev–Trinajstić information content (AvgIpc) is 3.18. The number of aliphatic hydroxyl groups is 1. The number of rotatable bonds is 7. The number of imidazole rings is 1. The van der Waals surface area contributed by atoms with Crippen molar-refractivity contribution in [2.24, 2.45) is 0 Å². The zero-order chi connectivity index (χ0) is 22.9. The fourth-order valence-corrected chi connectivity index (χ4v) is 4.20. The summed E-state index contributed by atoms with van der Waals surface area (Å²) in [4.78, 5) is 14.1. The van der Waals surface area contributed by atoms with Crippen LogP contribution in [0.4, 0.5) is 17.5 Å². The first kappa shape index (κ1) is 22.6. The lowest BCUT2D eigenvalue weighted by molar-refractivity contribution is 0.0646. The molecule has 8 nitrogen and oxygen atoms in total. The van der Waals surface area contributed by atoms with Gasteiger partial charge in [0, 0.05) is 23.3 Å². The van der Waals surface area contributed by atoms with Crippen LogP contribution in [0.25, 0.3) is 11.2 Å². The van der Waals surface area contributed by atoms with E-state index < -0.39 is 5.60 Å². The van der Waals surface area contributed by atoms with Crippen LogP contribution in [-0.2, 0) is 6.54 Å². The van der Waals surface area contributed by atoms with Crippen LogP contribution < -0.4 is 16.4 Å². The lowest BCUT2D eigenvalue weighted by Gasteiger charge is -2.27. The molecule has 2 heterocycles. The van der Waals surface area contributed by atoms with Crippen LogP contribution in [0.5, 0.6) is 0 Å². The number of nitrogens with zero attached hydrogens (tertiary/aromatic N) is 4. The van der Waals surface area contributed by atoms with Crippen molar-refractivity contribution in [1.29, 1.82) is 0 Å². The molecule has 0 amide bonds. The molecule has 0 spiro atoms. The van der Waals surface area contributed by atoms with Crippen LogP contribution in [0.1, 0.15) is 64.5 Å². The van der Waals surface area contributed by atoms with E-state index in [1.807, 2.05) is 19.3 Å². The van der Waals surface area contributed by atoms with Crippen LogP contribution >= 0.6 is 11.6 Å². The second-order valence-electron chi connectivity index (χ2n) is 9.23. The van der Waals surface area contributed by atoms with Gasteiger partial charge in [-0.1, -0.05) is 30.9 Å². The molecule has 4 rings (SSSR count). The summed E-state index contributed by atoms with van der Waals surface area (Å²) in [5.41, 5.74) is 8.25. The number of nitrogens with one attached hydrogen (secondary N) is 2. The Kier molecular flexibility index (Phi) is 6.44. The van der Waals surface area contributed by atoms with Gasteiger partial charge in [0.15, 0.2) is 17.0 Å². The maximum Gasteiger partial charge on any atom is 0.227 e. The van der Waals surface area contributed by atoms with E-state index in [1.54, 1.807) is 26.0 Å². The maximum atomic E-state index is 10.4. The molecule has 1 aromatic carbocycles. The first-order chi connectivity index (χ1) is 15.2. The number of nitrogen functional groups attached to an aromatic ring is 1. The molecule has 3 aromatic rings. The zero-order valence-corrected chi connectivity index (χ0v) is 19.7. The van der Waals surface area contributed by atoms with E-state index in [-0.39, 0.29) is 6.04 Å². The molecule has 2 aromatic heterocycles. The van der Waals surface area contributed by atoms with E-state index >= 15 is 0 Å². The maximum absolute atomic E-state index is 10.4. The highest BCUT2D eigenvalue weighted by Gasteiger charge is 2.25. The van der Waals surface area contributed by atoms with E-state index in [0.717, 1.165) is 29.6 Å². The van der Waals surface area contributed by atoms with Crippen molar-refractivity contribution in [2.45, 2.75) is 77.1 Å². The standard InChI is InChI=1S/C23H32ClN7O/c1-14(23(2,3)32)28-22-29-20(26-12-15-11-16(24)9-10-18(15)25)19-21(30-22)31(13-27-19)17-7-5-4-6-8-17/h9-11,13-14,17,32H,4-8,12,25H2,1-3H3,(H2,26,28,29,30). The number of halogens is 1. The smallest absolute Gasteiger partial charge is 0.227 e. The van der Waals surface area contributed by atoms with Crippen molar-refractivity contribution in [1.82, 2.24) is 19.5 Å². The molecule has 32 heavy (non-hydrogen) atoms. The molecule has 1 aliphatic carbocycles. The molecule has 5 N–H and O–H groups in total. The molecule has 1 aliphatic rings. The molecule has 0 saturated heterocycles. The molecule has 0 radical (unpaired) electrons. The van der Waals surface area contributed by atoms with Crippen molar-refractivity contribution in [3.05, 3.63) is 35.1 Å². The fraction of sp³-hybridized carbons (Fsp3) is 0.522. The normalized spacial score (nSPS) is 16.3. The summed E-state index contributed by atoms with van der Waals surface area (Å²) in [5, 5.41) is 17.6. The van der Waals surface area contributed by atoms with Crippen molar-refractivity contribution in [3.63, 3.8) is 0 Å². The van der Waals surface area contributed by atoms with Gasteiger partial charge in [-0.3, -0.25) is 0 Å². The minimum atomic E-state index is -0.926. The number of hydrogen-bond donors (Lipinski definition) is 4. The number of nitrogens with two attached hydrogens (primary N) is 1. The van der Waals surface area contributed by atoms with Crippen molar-refractivity contribution < 1.29 is 5.11 Å². The molecule has 1 fully saturated rings. The van der Waals surface area contributed by atoms with Gasteiger partial charge in [-0.2, -0.15) is 9.97 Å². The third kappa shape index (κ3) is 4.91. The average molecular weight is 458 g/mol. The van der Waals surface area contributed by atoms with Crippen LogP contribution in [0.2, 0.25) is 5.02 Å². The zero-order valence-electron chi connectivity index (χ0n) is 18.9. The second kappa shape index (κ2) is 9.11. The second-order valence-corrected chi connectivity index (χ2v) is 9.66. The van der Waals surface area contributed by atoms with Gasteiger partial charge in [-0.15, -0.1) is 0 Å². The monoisotopic (exact) mass is 457 g/mol. The van der Waals surface area contributed by atoms with Gasteiger partial charge in [-0.25, -0.2) is 4.98 Å². The molecular formula is C23H32ClN7O. The highest BCUT2D eigenvalue weighted by Crippen LogP contribution is 2.32. The molecule has 1 saturated carbocycles. The number of aromatic nitrogens is 4. The van der Waals surface area contributed by atoms with E-state index in [1.165, 1.54) is 19.3 Å². The lowest BCUT2D eigenvalue weighted by Crippen LogP contribution is -2.39. The Labute approximate surface area is 193 Å². The molecule has 172 valence electrons. The van der Waals surface area contributed by atoms with Crippen LogP contribution in [0, 0.1) is 0 Å². The molecule has 0 bridgehead atoms. The third-order valence-corrected chi connectivity index (χ3v) is 6.58. The molecular weight excluding hydrogens is 426 g/mol. The Morgan fingerprint density at radius 1 is 1.25 bits per heavy atom. The molecule has 1 unspecified atom stereocenters. The van der Waals surface area contributed by atoms with Gasteiger partial charge in [-0.05, 0) is 57.4 Å². The van der Waals surface area contributed by atoms with Crippen LogP contribution in [0.3, 0.4) is 0 Å². The molecule has 0 aliphatic heterocycles. The van der Waals surface area contributed by atoms with Crippen LogP contribution in [0.15, 0.2) is 24.5 Å². The summed E-state index contributed by atoms with van der Waals surface area (Å²) < 4.78 is 2.18. The summed E-state index contributed by atoms with van der Waals surface area (Å²) in [6.45, 7) is 5.88. The summed E-state index contributed by atoms with van der Waals surface area (Å²) >= 11 is 6.15. The van der Waals surface area contributed by atoms with E-state index in [4.69, 9.17) is 22.3 Å². The summed E-state index contributed by atoms with van der Waals surface area (Å²) in [6.07, 6.45) is 7.84. The highest BCUT2D eigenvalue weighted by molar-refractivity contribution is 6.30. The minimum absolute atomic E-state index is 0.248. The Hall–Kier alpha value is -2.58. The van der Waals surface area contributed by atoms with E-state index in [0.29, 0.717) is 35.1 Å². The Morgan fingerprint density at radius 3 is 2.72 bits per heavy atom. The van der Waals surface area contributed by atoms with Crippen LogP contribution in [-0.4, -0.2) is 36.3 Å². The number of hydrogen-bond acceptors (Lipinski definition) is 7. The van der Waals surface area contributed by atoms with Gasteiger partial charge in [0.1, 0.15) is 0 Å². The van der Waals surface area contributed by atoms with Crippen molar-refractivity contribution in [2.75, 3.05) is 16.4 Å². The van der Waals surface area contributed by atoms with Gasteiger partial charge in [0.2, 0.25) is 5.95 Å².